The predicted octanol–water partition coefficient (Wildman–Crippen LogP) is 1.37. The second-order valence-corrected chi connectivity index (χ2v) is 5.46. The summed E-state index contributed by atoms with van der Waals surface area (Å²) >= 11 is 4.98. The molecule has 21 heavy (non-hydrogen) atoms. The summed E-state index contributed by atoms with van der Waals surface area (Å²) in [7, 11) is 0. The summed E-state index contributed by atoms with van der Waals surface area (Å²) in [5.41, 5.74) is 7.03. The average molecular weight is 307 g/mol. The molecule has 2 rings (SSSR count). The van der Waals surface area contributed by atoms with Crippen LogP contribution in [0.1, 0.15) is 18.4 Å². The van der Waals surface area contributed by atoms with Gasteiger partial charge in [0.2, 0.25) is 5.91 Å². The molecular weight excluding hydrogens is 286 g/mol. The Kier molecular flexibility index (Phi) is 6.10. The van der Waals surface area contributed by atoms with E-state index in [1.165, 1.54) is 0 Å². The summed E-state index contributed by atoms with van der Waals surface area (Å²) in [5.74, 6) is -0.00744. The van der Waals surface area contributed by atoms with Gasteiger partial charge >= 0.3 is 0 Å². The summed E-state index contributed by atoms with van der Waals surface area (Å²) in [6.45, 7) is 4.40. The van der Waals surface area contributed by atoms with Crippen LogP contribution in [0.5, 0.6) is 0 Å². The minimum atomic E-state index is -0.00744. The summed E-state index contributed by atoms with van der Waals surface area (Å²) in [6.07, 6.45) is 1.32. The maximum absolute atomic E-state index is 12.0. The molecule has 1 amide bonds. The Balaban J connectivity index is 1.78. The number of thiocarbonyl (C=S) groups is 1. The molecule has 6 heteroatoms. The molecule has 0 aliphatic carbocycles. The molecular formula is C15H21N3O2S. The molecule has 114 valence electrons. The third-order valence-corrected chi connectivity index (χ3v) is 3.67. The van der Waals surface area contributed by atoms with Crippen LogP contribution in [-0.4, -0.2) is 48.6 Å². The minimum absolute atomic E-state index is 0.00744. The van der Waals surface area contributed by atoms with E-state index in [-0.39, 0.29) is 5.91 Å². The van der Waals surface area contributed by atoms with Gasteiger partial charge in [0.25, 0.3) is 0 Å². The van der Waals surface area contributed by atoms with Gasteiger partial charge in [-0.05, 0) is 25.1 Å². The lowest BCUT2D eigenvalue weighted by molar-refractivity contribution is -0.116. The van der Waals surface area contributed by atoms with E-state index in [2.05, 4.69) is 10.2 Å². The average Bonchev–Trinajstić information content (AvgIpc) is 2.48. The number of hydrogen-bond donors (Lipinski definition) is 2. The van der Waals surface area contributed by atoms with Gasteiger partial charge in [0, 0.05) is 25.1 Å². The minimum Gasteiger partial charge on any atom is -0.389 e. The van der Waals surface area contributed by atoms with Crippen molar-refractivity contribution < 1.29 is 9.53 Å². The molecule has 0 bridgehead atoms. The smallest absolute Gasteiger partial charge is 0.224 e. The van der Waals surface area contributed by atoms with Gasteiger partial charge in [-0.1, -0.05) is 24.4 Å². The first-order valence-electron chi connectivity index (χ1n) is 7.15. The van der Waals surface area contributed by atoms with Crippen LogP contribution >= 0.6 is 12.2 Å². The fraction of sp³-hybridized carbons (Fsp3) is 0.467. The summed E-state index contributed by atoms with van der Waals surface area (Å²) in [6, 6.07) is 7.33. The Hall–Kier alpha value is -1.50. The van der Waals surface area contributed by atoms with E-state index in [9.17, 15) is 4.79 Å². The molecule has 0 saturated carbocycles. The Morgan fingerprint density at radius 1 is 1.33 bits per heavy atom. The number of carbonyl (C=O) groups excluding carboxylic acids is 1. The summed E-state index contributed by atoms with van der Waals surface area (Å²) in [4.78, 5) is 14.6. The van der Waals surface area contributed by atoms with Crippen LogP contribution in [0.3, 0.4) is 0 Å². The molecule has 1 heterocycles. The second-order valence-electron chi connectivity index (χ2n) is 5.02. The van der Waals surface area contributed by atoms with Gasteiger partial charge in [0.1, 0.15) is 4.99 Å². The lowest BCUT2D eigenvalue weighted by Crippen LogP contribution is -2.37. The van der Waals surface area contributed by atoms with Gasteiger partial charge in [0.05, 0.1) is 18.9 Å². The second kappa shape index (κ2) is 8.07. The number of nitrogens with two attached hydrogens (primary N) is 1. The van der Waals surface area contributed by atoms with Crippen molar-refractivity contribution in [2.24, 2.45) is 5.73 Å². The van der Waals surface area contributed by atoms with Crippen LogP contribution in [0.15, 0.2) is 24.3 Å². The number of para-hydroxylation sites is 1. The van der Waals surface area contributed by atoms with Gasteiger partial charge in [-0.15, -0.1) is 0 Å². The first-order chi connectivity index (χ1) is 10.2. The largest absolute Gasteiger partial charge is 0.389 e. The summed E-state index contributed by atoms with van der Waals surface area (Å²) < 4.78 is 5.30. The van der Waals surface area contributed by atoms with Crippen molar-refractivity contribution >= 4 is 28.8 Å². The molecule has 1 aromatic carbocycles. The number of anilines is 1. The van der Waals surface area contributed by atoms with Crippen LogP contribution in [0.25, 0.3) is 0 Å². The Morgan fingerprint density at radius 2 is 2.05 bits per heavy atom. The van der Waals surface area contributed by atoms with Gasteiger partial charge < -0.3 is 15.8 Å². The number of hydrogen-bond acceptors (Lipinski definition) is 4. The molecule has 1 aliphatic heterocycles. The van der Waals surface area contributed by atoms with Gasteiger partial charge in [0.15, 0.2) is 0 Å². The van der Waals surface area contributed by atoms with Crippen LogP contribution in [0.4, 0.5) is 5.69 Å². The SMILES string of the molecule is NC(=S)c1ccccc1NC(=O)CCCN1CCOCC1. The van der Waals surface area contributed by atoms with Crippen molar-refractivity contribution in [2.45, 2.75) is 12.8 Å². The van der Waals surface area contributed by atoms with E-state index in [0.29, 0.717) is 22.7 Å². The van der Waals surface area contributed by atoms with Crippen molar-refractivity contribution in [3.05, 3.63) is 29.8 Å². The van der Waals surface area contributed by atoms with E-state index in [1.54, 1.807) is 0 Å². The predicted molar refractivity (Wildman–Crippen MR) is 87.5 cm³/mol. The summed E-state index contributed by atoms with van der Waals surface area (Å²) in [5, 5.41) is 2.88. The van der Waals surface area contributed by atoms with E-state index >= 15 is 0 Å². The van der Waals surface area contributed by atoms with Crippen molar-refractivity contribution in [3.63, 3.8) is 0 Å². The fourth-order valence-corrected chi connectivity index (χ4v) is 2.49. The molecule has 1 fully saturated rings. The first kappa shape index (κ1) is 15.9. The molecule has 0 spiro atoms. The Morgan fingerprint density at radius 3 is 2.76 bits per heavy atom. The van der Waals surface area contributed by atoms with E-state index < -0.39 is 0 Å². The number of ether oxygens (including phenoxy) is 1. The highest BCUT2D eigenvalue weighted by Crippen LogP contribution is 2.15. The zero-order chi connectivity index (χ0) is 15.1. The molecule has 0 aromatic heterocycles. The standard InChI is InChI=1S/C15H21N3O2S/c16-15(21)12-4-1-2-5-13(12)17-14(19)6-3-7-18-8-10-20-11-9-18/h1-2,4-5H,3,6-11H2,(H2,16,21)(H,17,19). The number of nitrogens with zero attached hydrogens (tertiary/aromatic N) is 1. The topological polar surface area (TPSA) is 67.6 Å². The van der Waals surface area contributed by atoms with E-state index in [1.807, 2.05) is 24.3 Å². The van der Waals surface area contributed by atoms with Crippen molar-refractivity contribution in [1.29, 1.82) is 0 Å². The number of nitrogens with one attached hydrogen (secondary N) is 1. The third-order valence-electron chi connectivity index (χ3n) is 3.45. The van der Waals surface area contributed by atoms with Crippen molar-refractivity contribution in [2.75, 3.05) is 38.2 Å². The fourth-order valence-electron chi connectivity index (χ4n) is 2.31. The lowest BCUT2D eigenvalue weighted by Gasteiger charge is -2.26. The van der Waals surface area contributed by atoms with Crippen LogP contribution in [0.2, 0.25) is 0 Å². The highest BCUT2D eigenvalue weighted by atomic mass is 32.1. The highest BCUT2D eigenvalue weighted by Gasteiger charge is 2.11. The maximum atomic E-state index is 12.0. The zero-order valence-electron chi connectivity index (χ0n) is 12.0. The zero-order valence-corrected chi connectivity index (χ0v) is 12.8. The first-order valence-corrected chi connectivity index (χ1v) is 7.56. The normalized spacial score (nSPS) is 15.6. The molecule has 0 atom stereocenters. The van der Waals surface area contributed by atoms with Crippen LogP contribution in [-0.2, 0) is 9.53 Å². The molecule has 5 nitrogen and oxygen atoms in total. The molecule has 0 unspecified atom stereocenters. The van der Waals surface area contributed by atoms with Crippen molar-refractivity contribution in [3.8, 4) is 0 Å². The Labute approximate surface area is 130 Å². The maximum Gasteiger partial charge on any atom is 0.224 e. The number of morpholine rings is 1. The van der Waals surface area contributed by atoms with Gasteiger partial charge in [-0.3, -0.25) is 9.69 Å². The highest BCUT2D eigenvalue weighted by molar-refractivity contribution is 7.80. The molecule has 1 aliphatic rings. The quantitative estimate of drug-likeness (QED) is 0.777. The third kappa shape index (κ3) is 5.08. The number of rotatable bonds is 6. The number of carbonyl (C=O) groups is 1. The molecule has 1 aromatic rings. The number of benzene rings is 1. The number of amides is 1. The van der Waals surface area contributed by atoms with Crippen LogP contribution < -0.4 is 11.1 Å². The van der Waals surface area contributed by atoms with Gasteiger partial charge in [-0.25, -0.2) is 0 Å². The van der Waals surface area contributed by atoms with E-state index in [4.69, 9.17) is 22.7 Å². The molecule has 1 saturated heterocycles. The molecule has 3 N–H and O–H groups in total. The Bertz CT molecular complexity index is 501. The van der Waals surface area contributed by atoms with Gasteiger partial charge in [-0.2, -0.15) is 0 Å². The van der Waals surface area contributed by atoms with E-state index in [0.717, 1.165) is 39.3 Å². The van der Waals surface area contributed by atoms with Crippen molar-refractivity contribution in [1.82, 2.24) is 4.90 Å². The van der Waals surface area contributed by atoms with Crippen LogP contribution in [0, 0.1) is 0 Å². The lowest BCUT2D eigenvalue weighted by atomic mass is 10.1. The molecule has 0 radical (unpaired) electrons. The monoisotopic (exact) mass is 307 g/mol.